The first-order valence-electron chi connectivity index (χ1n) is 10.4. The lowest BCUT2D eigenvalue weighted by molar-refractivity contribution is -0.146. The van der Waals surface area contributed by atoms with E-state index in [1.807, 2.05) is 0 Å². The highest BCUT2D eigenvalue weighted by atomic mass is 16.5. The second-order valence-electron chi connectivity index (χ2n) is 8.81. The Hall–Kier alpha value is -2.17. The first-order valence-corrected chi connectivity index (χ1v) is 10.4. The van der Waals surface area contributed by atoms with Crippen LogP contribution >= 0.6 is 0 Å². The van der Waals surface area contributed by atoms with E-state index in [9.17, 15) is 4.79 Å². The molecule has 0 bridgehead atoms. The molecule has 4 heteroatoms. The van der Waals surface area contributed by atoms with Crippen LogP contribution in [-0.4, -0.2) is 36.7 Å². The summed E-state index contributed by atoms with van der Waals surface area (Å²) in [6.45, 7) is 3.53. The molecular weight excluding hydrogens is 348 g/mol. The second kappa shape index (κ2) is 7.34. The summed E-state index contributed by atoms with van der Waals surface area (Å²) in [5.41, 5.74) is 4.46. The number of hydrogen-bond acceptors (Lipinski definition) is 4. The third-order valence-corrected chi connectivity index (χ3v) is 6.76. The summed E-state index contributed by atoms with van der Waals surface area (Å²) < 4.78 is 5.46. The van der Waals surface area contributed by atoms with Gasteiger partial charge in [0.1, 0.15) is 0 Å². The molecule has 146 valence electrons. The van der Waals surface area contributed by atoms with Crippen molar-refractivity contribution in [1.29, 1.82) is 0 Å². The fraction of sp³-hybridized carbons (Fsp3) is 0.458. The Kier molecular flexibility index (Phi) is 4.69. The maximum atomic E-state index is 11.0. The third kappa shape index (κ3) is 3.71. The molecule has 28 heavy (non-hydrogen) atoms. The minimum atomic E-state index is -0.136. The quantitative estimate of drug-likeness (QED) is 0.717. The minimum absolute atomic E-state index is 0.136. The molecule has 2 saturated carbocycles. The highest BCUT2D eigenvalue weighted by Crippen LogP contribution is 2.48. The summed E-state index contributed by atoms with van der Waals surface area (Å²) in [7, 11) is 0. The molecule has 1 unspecified atom stereocenters. The van der Waals surface area contributed by atoms with Crippen molar-refractivity contribution in [2.45, 2.75) is 50.4 Å². The topological polar surface area (TPSA) is 41.6 Å². The first kappa shape index (κ1) is 17.9. The molecule has 3 atom stereocenters. The Labute approximate surface area is 166 Å². The lowest BCUT2D eigenvalue weighted by atomic mass is 9.96. The molecule has 5 rings (SSSR count). The number of benzene rings is 2. The van der Waals surface area contributed by atoms with E-state index in [-0.39, 0.29) is 6.23 Å². The van der Waals surface area contributed by atoms with Gasteiger partial charge >= 0.3 is 0 Å². The van der Waals surface area contributed by atoms with Crippen LogP contribution in [0.25, 0.3) is 0 Å². The summed E-state index contributed by atoms with van der Waals surface area (Å²) in [5, 5.41) is 3.83. The van der Waals surface area contributed by atoms with Crippen molar-refractivity contribution in [3.8, 4) is 0 Å². The van der Waals surface area contributed by atoms with E-state index in [4.69, 9.17) is 4.74 Å². The predicted molar refractivity (Wildman–Crippen MR) is 109 cm³/mol. The van der Waals surface area contributed by atoms with Gasteiger partial charge in [0.15, 0.2) is 6.23 Å². The number of nitrogens with one attached hydrogen (secondary N) is 1. The van der Waals surface area contributed by atoms with E-state index in [2.05, 4.69) is 64.8 Å². The zero-order valence-corrected chi connectivity index (χ0v) is 16.2. The van der Waals surface area contributed by atoms with E-state index in [0.29, 0.717) is 23.8 Å². The van der Waals surface area contributed by atoms with Crippen molar-refractivity contribution >= 4 is 6.47 Å². The van der Waals surface area contributed by atoms with Gasteiger partial charge in [-0.1, -0.05) is 54.6 Å². The lowest BCUT2D eigenvalue weighted by Crippen LogP contribution is -2.46. The standard InChI is InChI=1S/C24H28N2O2/c27-17-28-23-12-19-8-4-5-9-20(19)14-26(23)16-24(10-11-24)15-25-22-13-21(22)18-6-2-1-3-7-18/h1-9,17,21-23,25H,10-16H2/t21?,22-,23-/m0/s1. The van der Waals surface area contributed by atoms with Crippen LogP contribution in [0.2, 0.25) is 0 Å². The lowest BCUT2D eigenvalue weighted by Gasteiger charge is -2.37. The molecule has 4 nitrogen and oxygen atoms in total. The Bertz CT molecular complexity index is 834. The summed E-state index contributed by atoms with van der Waals surface area (Å²) in [5.74, 6) is 0.671. The third-order valence-electron chi connectivity index (χ3n) is 6.76. The van der Waals surface area contributed by atoms with Crippen molar-refractivity contribution in [2.75, 3.05) is 13.1 Å². The van der Waals surface area contributed by atoms with Crippen LogP contribution in [-0.2, 0) is 22.5 Å². The van der Waals surface area contributed by atoms with Crippen LogP contribution in [0.3, 0.4) is 0 Å². The Morgan fingerprint density at radius 1 is 1.07 bits per heavy atom. The number of carbonyl (C=O) groups is 1. The van der Waals surface area contributed by atoms with Gasteiger partial charge in [-0.25, -0.2) is 0 Å². The monoisotopic (exact) mass is 376 g/mol. The molecule has 2 aromatic rings. The van der Waals surface area contributed by atoms with Crippen molar-refractivity contribution in [1.82, 2.24) is 10.2 Å². The summed E-state index contributed by atoms with van der Waals surface area (Å²) >= 11 is 0. The minimum Gasteiger partial charge on any atom is -0.448 e. The van der Waals surface area contributed by atoms with Gasteiger partial charge in [0.2, 0.25) is 0 Å². The molecular formula is C24H28N2O2. The van der Waals surface area contributed by atoms with Gasteiger partial charge in [-0.15, -0.1) is 0 Å². The largest absolute Gasteiger partial charge is 0.448 e. The van der Waals surface area contributed by atoms with Crippen LogP contribution < -0.4 is 5.32 Å². The van der Waals surface area contributed by atoms with Crippen LogP contribution in [0.5, 0.6) is 0 Å². The van der Waals surface area contributed by atoms with Crippen molar-refractivity contribution < 1.29 is 9.53 Å². The Morgan fingerprint density at radius 2 is 1.82 bits per heavy atom. The number of rotatable bonds is 8. The SMILES string of the molecule is O=CO[C@H]1Cc2ccccc2CN1CC1(CN[C@H]2CC2c2ccccc2)CC1. The van der Waals surface area contributed by atoms with Crippen LogP contribution in [0.4, 0.5) is 0 Å². The summed E-state index contributed by atoms with van der Waals surface area (Å²) in [4.78, 5) is 13.4. The van der Waals surface area contributed by atoms with E-state index in [1.165, 1.54) is 36.0 Å². The average molecular weight is 377 g/mol. The van der Waals surface area contributed by atoms with Gasteiger partial charge in [0.25, 0.3) is 6.47 Å². The Morgan fingerprint density at radius 3 is 2.57 bits per heavy atom. The number of carbonyl (C=O) groups excluding carboxylic acids is 1. The number of nitrogens with zero attached hydrogens (tertiary/aromatic N) is 1. The molecule has 1 heterocycles. The van der Waals surface area contributed by atoms with E-state index in [0.717, 1.165) is 26.1 Å². The second-order valence-corrected chi connectivity index (χ2v) is 8.81. The number of fused-ring (bicyclic) bond motifs is 1. The Balaban J connectivity index is 1.20. The van der Waals surface area contributed by atoms with Gasteiger partial charge in [0, 0.05) is 38.0 Å². The van der Waals surface area contributed by atoms with Crippen molar-refractivity contribution in [3.63, 3.8) is 0 Å². The number of hydrogen-bond donors (Lipinski definition) is 1. The van der Waals surface area contributed by atoms with Crippen molar-refractivity contribution in [2.24, 2.45) is 5.41 Å². The molecule has 0 aromatic heterocycles. The molecule has 1 aliphatic heterocycles. The number of ether oxygens (including phenoxy) is 1. The molecule has 0 saturated heterocycles. The molecule has 2 aromatic carbocycles. The first-order chi connectivity index (χ1) is 13.8. The van der Waals surface area contributed by atoms with Gasteiger partial charge < -0.3 is 10.1 Å². The molecule has 1 N–H and O–H groups in total. The van der Waals surface area contributed by atoms with E-state index >= 15 is 0 Å². The van der Waals surface area contributed by atoms with Gasteiger partial charge in [-0.2, -0.15) is 0 Å². The molecule has 2 aliphatic carbocycles. The van der Waals surface area contributed by atoms with Crippen LogP contribution in [0, 0.1) is 5.41 Å². The highest BCUT2D eigenvalue weighted by Gasteiger charge is 2.47. The predicted octanol–water partition coefficient (Wildman–Crippen LogP) is 3.47. The average Bonchev–Trinajstić information content (AvgIpc) is 3.64. The van der Waals surface area contributed by atoms with Gasteiger partial charge in [-0.05, 0) is 41.4 Å². The molecule has 2 fully saturated rings. The van der Waals surface area contributed by atoms with E-state index in [1.54, 1.807) is 0 Å². The van der Waals surface area contributed by atoms with Crippen molar-refractivity contribution in [3.05, 3.63) is 71.3 Å². The molecule has 0 amide bonds. The maximum absolute atomic E-state index is 11.0. The maximum Gasteiger partial charge on any atom is 0.294 e. The smallest absolute Gasteiger partial charge is 0.294 e. The summed E-state index contributed by atoms with van der Waals surface area (Å²) in [6.07, 6.45) is 4.41. The highest BCUT2D eigenvalue weighted by molar-refractivity contribution is 5.38. The van der Waals surface area contributed by atoms with Gasteiger partial charge in [-0.3, -0.25) is 9.69 Å². The molecule has 0 spiro atoms. The van der Waals surface area contributed by atoms with Gasteiger partial charge in [0.05, 0.1) is 0 Å². The van der Waals surface area contributed by atoms with E-state index < -0.39 is 0 Å². The molecule has 0 radical (unpaired) electrons. The zero-order chi connectivity index (χ0) is 19.0. The normalized spacial score (nSPS) is 27.6. The van der Waals surface area contributed by atoms with Crippen LogP contribution in [0.15, 0.2) is 54.6 Å². The molecule has 3 aliphatic rings. The fourth-order valence-corrected chi connectivity index (χ4v) is 4.74. The zero-order valence-electron chi connectivity index (χ0n) is 16.2. The fourth-order valence-electron chi connectivity index (χ4n) is 4.74. The van der Waals surface area contributed by atoms with Crippen LogP contribution in [0.1, 0.15) is 41.9 Å². The summed E-state index contributed by atoms with van der Waals surface area (Å²) in [6, 6.07) is 20.0.